The van der Waals surface area contributed by atoms with E-state index in [1.807, 2.05) is 0 Å². The lowest BCUT2D eigenvalue weighted by atomic mass is 10.1. The molecule has 1 heterocycles. The minimum Gasteiger partial charge on any atom is -0.313 e. The molecule has 1 N–H and O–H groups in total. The Bertz CT molecular complexity index is 130. The van der Waals surface area contributed by atoms with E-state index in [1.165, 1.54) is 32.4 Å². The highest BCUT2D eigenvalue weighted by molar-refractivity contribution is 4.82. The summed E-state index contributed by atoms with van der Waals surface area (Å²) < 4.78 is 0. The molecule has 0 aromatic heterocycles. The molecule has 0 saturated carbocycles. The van der Waals surface area contributed by atoms with Crippen molar-refractivity contribution in [3.63, 3.8) is 0 Å². The van der Waals surface area contributed by atoms with Crippen LogP contribution in [0.5, 0.6) is 0 Å². The molecule has 13 heavy (non-hydrogen) atoms. The molecule has 1 fully saturated rings. The van der Waals surface area contributed by atoms with Crippen molar-refractivity contribution in [3.8, 4) is 0 Å². The normalized spacial score (nSPS) is 23.3. The summed E-state index contributed by atoms with van der Waals surface area (Å²) in [6.45, 7) is 10.5. The number of likely N-dealkylation sites (N-methyl/N-ethyl adjacent to an activating group) is 1. The van der Waals surface area contributed by atoms with E-state index in [1.54, 1.807) is 0 Å². The molecule has 0 bridgehead atoms. The third-order valence-electron chi connectivity index (χ3n) is 3.21. The molecule has 1 aliphatic heterocycles. The van der Waals surface area contributed by atoms with E-state index in [9.17, 15) is 0 Å². The molecule has 2 unspecified atom stereocenters. The molecular weight excluding hydrogens is 160 g/mol. The molecule has 1 aliphatic rings. The Morgan fingerprint density at radius 1 is 1.23 bits per heavy atom. The van der Waals surface area contributed by atoms with Gasteiger partial charge in [-0.2, -0.15) is 0 Å². The highest BCUT2D eigenvalue weighted by Crippen LogP contribution is 2.15. The van der Waals surface area contributed by atoms with Gasteiger partial charge in [0.25, 0.3) is 0 Å². The maximum Gasteiger partial charge on any atom is 0.0220 e. The molecular formula is C11H24N2. The number of rotatable bonds is 5. The van der Waals surface area contributed by atoms with Crippen LogP contribution in [0.3, 0.4) is 0 Å². The summed E-state index contributed by atoms with van der Waals surface area (Å²) in [5.41, 5.74) is 0. The van der Waals surface area contributed by atoms with Crippen LogP contribution in [-0.2, 0) is 0 Å². The van der Waals surface area contributed by atoms with E-state index in [0.717, 1.165) is 6.54 Å². The van der Waals surface area contributed by atoms with Crippen molar-refractivity contribution in [1.29, 1.82) is 0 Å². The van der Waals surface area contributed by atoms with Gasteiger partial charge in [0.1, 0.15) is 0 Å². The molecule has 2 nitrogen and oxygen atoms in total. The lowest BCUT2D eigenvalue weighted by Crippen LogP contribution is -2.47. The van der Waals surface area contributed by atoms with Crippen LogP contribution < -0.4 is 5.32 Å². The van der Waals surface area contributed by atoms with Gasteiger partial charge in [-0.05, 0) is 45.8 Å². The summed E-state index contributed by atoms with van der Waals surface area (Å²) in [5.74, 6) is 0. The standard InChI is InChI=1S/C11H24N2/c1-4-11(12-5-2)10(3)13-8-6-7-9-13/h10-12H,4-9H2,1-3H3. The predicted octanol–water partition coefficient (Wildman–Crippen LogP) is 1.86. The Morgan fingerprint density at radius 3 is 2.31 bits per heavy atom. The second-order valence-electron chi connectivity index (χ2n) is 4.06. The number of nitrogens with zero attached hydrogens (tertiary/aromatic N) is 1. The van der Waals surface area contributed by atoms with E-state index < -0.39 is 0 Å². The van der Waals surface area contributed by atoms with Crippen LogP contribution >= 0.6 is 0 Å². The molecule has 0 aromatic rings. The first-order valence-electron chi connectivity index (χ1n) is 5.77. The predicted molar refractivity (Wildman–Crippen MR) is 58.0 cm³/mol. The minimum absolute atomic E-state index is 0.683. The molecule has 0 spiro atoms. The van der Waals surface area contributed by atoms with Crippen LogP contribution in [0.1, 0.15) is 40.0 Å². The topological polar surface area (TPSA) is 15.3 Å². The molecule has 1 saturated heterocycles. The van der Waals surface area contributed by atoms with E-state index in [4.69, 9.17) is 0 Å². The number of hydrogen-bond acceptors (Lipinski definition) is 2. The Labute approximate surface area is 82.7 Å². The zero-order valence-electron chi connectivity index (χ0n) is 9.34. The minimum atomic E-state index is 0.683. The first kappa shape index (κ1) is 11.0. The van der Waals surface area contributed by atoms with Gasteiger partial charge in [-0.3, -0.25) is 4.90 Å². The van der Waals surface area contributed by atoms with Crippen LogP contribution in [0, 0.1) is 0 Å². The second kappa shape index (κ2) is 5.61. The van der Waals surface area contributed by atoms with Crippen LogP contribution in [0.2, 0.25) is 0 Å². The third kappa shape index (κ3) is 2.96. The fraction of sp³-hybridized carbons (Fsp3) is 1.00. The molecule has 0 aromatic carbocycles. The maximum absolute atomic E-state index is 3.57. The average Bonchev–Trinajstić information content (AvgIpc) is 2.65. The van der Waals surface area contributed by atoms with Crippen LogP contribution in [0.15, 0.2) is 0 Å². The molecule has 2 heteroatoms. The molecule has 0 radical (unpaired) electrons. The van der Waals surface area contributed by atoms with Gasteiger partial charge in [-0.25, -0.2) is 0 Å². The van der Waals surface area contributed by atoms with E-state index in [0.29, 0.717) is 12.1 Å². The van der Waals surface area contributed by atoms with Crippen molar-refractivity contribution in [1.82, 2.24) is 10.2 Å². The molecule has 1 rings (SSSR count). The van der Waals surface area contributed by atoms with Gasteiger partial charge in [0.15, 0.2) is 0 Å². The summed E-state index contributed by atoms with van der Waals surface area (Å²) >= 11 is 0. The van der Waals surface area contributed by atoms with Crippen molar-refractivity contribution in [3.05, 3.63) is 0 Å². The highest BCUT2D eigenvalue weighted by atomic mass is 15.2. The summed E-state index contributed by atoms with van der Waals surface area (Å²) in [7, 11) is 0. The summed E-state index contributed by atoms with van der Waals surface area (Å²) in [5, 5.41) is 3.57. The quantitative estimate of drug-likeness (QED) is 0.701. The van der Waals surface area contributed by atoms with Gasteiger partial charge in [0.05, 0.1) is 0 Å². The zero-order chi connectivity index (χ0) is 9.68. The summed E-state index contributed by atoms with van der Waals surface area (Å²) in [4.78, 5) is 2.62. The van der Waals surface area contributed by atoms with Gasteiger partial charge in [-0.15, -0.1) is 0 Å². The van der Waals surface area contributed by atoms with Gasteiger partial charge >= 0.3 is 0 Å². The second-order valence-corrected chi connectivity index (χ2v) is 4.06. The monoisotopic (exact) mass is 184 g/mol. The van der Waals surface area contributed by atoms with Gasteiger partial charge in [0.2, 0.25) is 0 Å². The van der Waals surface area contributed by atoms with Crippen molar-refractivity contribution in [2.75, 3.05) is 19.6 Å². The Balaban J connectivity index is 2.37. The Kier molecular flexibility index (Phi) is 4.74. The van der Waals surface area contributed by atoms with Crippen molar-refractivity contribution < 1.29 is 0 Å². The molecule has 2 atom stereocenters. The van der Waals surface area contributed by atoms with Gasteiger partial charge in [0, 0.05) is 12.1 Å². The van der Waals surface area contributed by atoms with Crippen LogP contribution in [-0.4, -0.2) is 36.6 Å². The van der Waals surface area contributed by atoms with Gasteiger partial charge in [-0.1, -0.05) is 13.8 Å². The molecule has 78 valence electrons. The Morgan fingerprint density at radius 2 is 1.85 bits per heavy atom. The van der Waals surface area contributed by atoms with Crippen LogP contribution in [0.25, 0.3) is 0 Å². The maximum atomic E-state index is 3.57. The van der Waals surface area contributed by atoms with Crippen molar-refractivity contribution in [2.45, 2.75) is 52.1 Å². The molecule has 0 amide bonds. The van der Waals surface area contributed by atoms with Crippen molar-refractivity contribution in [2.24, 2.45) is 0 Å². The van der Waals surface area contributed by atoms with E-state index >= 15 is 0 Å². The van der Waals surface area contributed by atoms with Gasteiger partial charge < -0.3 is 5.32 Å². The zero-order valence-corrected chi connectivity index (χ0v) is 9.34. The summed E-state index contributed by atoms with van der Waals surface area (Å²) in [6.07, 6.45) is 4.03. The SMILES string of the molecule is CCNC(CC)C(C)N1CCCC1. The smallest absolute Gasteiger partial charge is 0.0220 e. The fourth-order valence-electron chi connectivity index (χ4n) is 2.32. The average molecular weight is 184 g/mol. The highest BCUT2D eigenvalue weighted by Gasteiger charge is 2.23. The number of hydrogen-bond donors (Lipinski definition) is 1. The van der Waals surface area contributed by atoms with E-state index in [-0.39, 0.29) is 0 Å². The first-order chi connectivity index (χ1) is 6.29. The Hall–Kier alpha value is -0.0800. The first-order valence-corrected chi connectivity index (χ1v) is 5.77. The van der Waals surface area contributed by atoms with Crippen molar-refractivity contribution >= 4 is 0 Å². The van der Waals surface area contributed by atoms with Crippen LogP contribution in [0.4, 0.5) is 0 Å². The fourth-order valence-corrected chi connectivity index (χ4v) is 2.32. The largest absolute Gasteiger partial charge is 0.313 e. The lowest BCUT2D eigenvalue weighted by molar-refractivity contribution is 0.204. The number of nitrogens with one attached hydrogen (secondary N) is 1. The van der Waals surface area contributed by atoms with E-state index in [2.05, 4.69) is 31.0 Å². The summed E-state index contributed by atoms with van der Waals surface area (Å²) in [6, 6.07) is 1.40. The number of likely N-dealkylation sites (tertiary alicyclic amines) is 1. The molecule has 0 aliphatic carbocycles. The lowest BCUT2D eigenvalue weighted by Gasteiger charge is -2.31. The third-order valence-corrected chi connectivity index (χ3v) is 3.21.